The van der Waals surface area contributed by atoms with Crippen LogP contribution in [-0.2, 0) is 12.8 Å². The highest BCUT2D eigenvalue weighted by Gasteiger charge is 2.26. The van der Waals surface area contributed by atoms with Crippen LogP contribution in [0.15, 0.2) is 48.8 Å². The maximum Gasteiger partial charge on any atom is 0.319 e. The zero-order valence-corrected chi connectivity index (χ0v) is 16.7. The molecule has 1 aliphatic carbocycles. The highest BCUT2D eigenvalue weighted by Crippen LogP contribution is 2.40. The number of carbonyl (C=O) groups excluding carboxylic acids is 1. The molecule has 4 nitrogen and oxygen atoms in total. The van der Waals surface area contributed by atoms with Crippen molar-refractivity contribution >= 4 is 34.7 Å². The first-order chi connectivity index (χ1) is 13.1. The van der Waals surface area contributed by atoms with Crippen molar-refractivity contribution in [2.24, 2.45) is 0 Å². The highest BCUT2D eigenvalue weighted by atomic mass is 35.5. The number of anilines is 1. The van der Waals surface area contributed by atoms with Gasteiger partial charge in [0.15, 0.2) is 0 Å². The molecule has 0 unspecified atom stereocenters. The molecule has 2 heterocycles. The number of para-hydroxylation sites is 1. The summed E-state index contributed by atoms with van der Waals surface area (Å²) in [5.41, 5.74) is 3.27. The second-order valence-corrected chi connectivity index (χ2v) is 8.31. The van der Waals surface area contributed by atoms with Gasteiger partial charge in [-0.2, -0.15) is 0 Å². The summed E-state index contributed by atoms with van der Waals surface area (Å²) in [7, 11) is 0. The number of halogens is 1. The molecule has 140 valence electrons. The van der Waals surface area contributed by atoms with Crippen molar-refractivity contribution in [3.8, 4) is 5.00 Å². The van der Waals surface area contributed by atoms with Gasteiger partial charge in [-0.05, 0) is 62.4 Å². The van der Waals surface area contributed by atoms with E-state index in [0.717, 1.165) is 12.8 Å². The SMILES string of the molecule is C[C@H](NC(=O)Nc1ccccc1Cl)c1c(-n2cccc2)sc2c1CCCC2. The molecule has 0 bridgehead atoms. The number of nitrogens with one attached hydrogen (secondary N) is 2. The fourth-order valence-corrected chi connectivity index (χ4v) is 5.31. The van der Waals surface area contributed by atoms with Gasteiger partial charge in [-0.3, -0.25) is 0 Å². The minimum absolute atomic E-state index is 0.0945. The normalized spacial score (nSPS) is 14.4. The summed E-state index contributed by atoms with van der Waals surface area (Å²) in [5.74, 6) is 0. The summed E-state index contributed by atoms with van der Waals surface area (Å²) in [4.78, 5) is 14.0. The molecule has 2 N–H and O–H groups in total. The summed E-state index contributed by atoms with van der Waals surface area (Å²) < 4.78 is 2.16. The summed E-state index contributed by atoms with van der Waals surface area (Å²) in [6, 6.07) is 11.0. The number of urea groups is 1. The molecule has 1 aromatic carbocycles. The first-order valence-corrected chi connectivity index (χ1v) is 10.4. The van der Waals surface area contributed by atoms with Gasteiger partial charge < -0.3 is 15.2 Å². The lowest BCUT2D eigenvalue weighted by atomic mass is 9.93. The van der Waals surface area contributed by atoms with Gasteiger partial charge >= 0.3 is 6.03 Å². The van der Waals surface area contributed by atoms with Gasteiger partial charge in [0.1, 0.15) is 5.00 Å². The van der Waals surface area contributed by atoms with Crippen molar-refractivity contribution in [3.05, 3.63) is 69.8 Å². The third-order valence-corrected chi connectivity index (χ3v) is 6.58. The fourth-order valence-electron chi connectivity index (χ4n) is 3.67. The van der Waals surface area contributed by atoms with Crippen LogP contribution in [0.4, 0.5) is 10.5 Å². The minimum Gasteiger partial charge on any atom is -0.331 e. The van der Waals surface area contributed by atoms with E-state index in [-0.39, 0.29) is 12.1 Å². The van der Waals surface area contributed by atoms with Crippen LogP contribution in [0.25, 0.3) is 5.00 Å². The molecule has 0 radical (unpaired) electrons. The van der Waals surface area contributed by atoms with Crippen LogP contribution in [0.2, 0.25) is 5.02 Å². The maximum absolute atomic E-state index is 12.6. The van der Waals surface area contributed by atoms with Gasteiger partial charge in [-0.1, -0.05) is 23.7 Å². The number of rotatable bonds is 4. The van der Waals surface area contributed by atoms with Crippen LogP contribution in [-0.4, -0.2) is 10.6 Å². The molecule has 2 aromatic heterocycles. The molecule has 0 fully saturated rings. The molecule has 3 aromatic rings. The van der Waals surface area contributed by atoms with Crippen LogP contribution in [0.3, 0.4) is 0 Å². The monoisotopic (exact) mass is 399 g/mol. The zero-order chi connectivity index (χ0) is 18.8. The van der Waals surface area contributed by atoms with Gasteiger partial charge in [0, 0.05) is 22.8 Å². The Kier molecular flexibility index (Phi) is 5.23. The molecule has 0 spiro atoms. The number of aryl methyl sites for hydroxylation is 1. The Labute approximate surface area is 168 Å². The number of amides is 2. The molecule has 0 saturated carbocycles. The van der Waals surface area contributed by atoms with E-state index in [1.807, 2.05) is 35.6 Å². The smallest absolute Gasteiger partial charge is 0.319 e. The van der Waals surface area contributed by atoms with Gasteiger partial charge in [-0.15, -0.1) is 11.3 Å². The lowest BCUT2D eigenvalue weighted by Gasteiger charge is -2.20. The average Bonchev–Trinajstić information content (AvgIpc) is 3.30. The first-order valence-electron chi connectivity index (χ1n) is 9.23. The maximum atomic E-state index is 12.6. The summed E-state index contributed by atoms with van der Waals surface area (Å²) in [6.45, 7) is 2.05. The molecular weight excluding hydrogens is 378 g/mol. The summed E-state index contributed by atoms with van der Waals surface area (Å²) in [5, 5.41) is 7.68. The number of nitrogens with zero attached hydrogens (tertiary/aromatic N) is 1. The Morgan fingerprint density at radius 3 is 2.67 bits per heavy atom. The van der Waals surface area contributed by atoms with Crippen molar-refractivity contribution in [2.45, 2.75) is 38.6 Å². The number of hydrogen-bond acceptors (Lipinski definition) is 2. The van der Waals surface area contributed by atoms with Gasteiger partial charge in [0.05, 0.1) is 16.8 Å². The molecule has 6 heteroatoms. The predicted molar refractivity (Wildman–Crippen MR) is 112 cm³/mol. The number of hydrogen-bond donors (Lipinski definition) is 2. The van der Waals surface area contributed by atoms with Crippen molar-refractivity contribution in [2.75, 3.05) is 5.32 Å². The molecule has 2 amide bonds. The number of fused-ring (bicyclic) bond motifs is 1. The van der Waals surface area contributed by atoms with Crippen molar-refractivity contribution in [1.82, 2.24) is 9.88 Å². The molecular formula is C21H22ClN3OS. The first kappa shape index (κ1) is 18.1. The van der Waals surface area contributed by atoms with Crippen LogP contribution < -0.4 is 10.6 Å². The van der Waals surface area contributed by atoms with E-state index < -0.39 is 0 Å². The van der Waals surface area contributed by atoms with Crippen LogP contribution in [0, 0.1) is 0 Å². The second-order valence-electron chi connectivity index (χ2n) is 6.82. The quantitative estimate of drug-likeness (QED) is 0.559. The molecule has 27 heavy (non-hydrogen) atoms. The van der Waals surface area contributed by atoms with E-state index >= 15 is 0 Å². The van der Waals surface area contributed by atoms with E-state index in [1.54, 1.807) is 12.1 Å². The van der Waals surface area contributed by atoms with Crippen LogP contribution in [0.5, 0.6) is 0 Å². The van der Waals surface area contributed by atoms with E-state index in [9.17, 15) is 4.79 Å². The largest absolute Gasteiger partial charge is 0.331 e. The second kappa shape index (κ2) is 7.79. The lowest BCUT2D eigenvalue weighted by Crippen LogP contribution is -2.32. The topological polar surface area (TPSA) is 46.1 Å². The van der Waals surface area contributed by atoms with E-state index in [4.69, 9.17) is 11.6 Å². The fraction of sp³-hybridized carbons (Fsp3) is 0.286. The van der Waals surface area contributed by atoms with Gasteiger partial charge in [0.25, 0.3) is 0 Å². The van der Waals surface area contributed by atoms with Crippen LogP contribution in [0.1, 0.15) is 41.8 Å². The number of carbonyl (C=O) groups is 1. The van der Waals surface area contributed by atoms with E-state index in [2.05, 4.69) is 34.5 Å². The Hall–Kier alpha value is -2.24. The molecule has 0 saturated heterocycles. The minimum atomic E-state index is -0.246. The number of aromatic nitrogens is 1. The standard InChI is InChI=1S/C21H22ClN3OS/c1-14(23-21(26)24-17-10-4-3-9-16(17)22)19-15-8-2-5-11-18(15)27-20(19)25-12-6-7-13-25/h3-4,6-7,9-10,12-14H,2,5,8,11H2,1H3,(H2,23,24,26)/t14-/m0/s1. The zero-order valence-electron chi connectivity index (χ0n) is 15.2. The van der Waals surface area contributed by atoms with Gasteiger partial charge in [-0.25, -0.2) is 4.79 Å². The number of benzene rings is 1. The van der Waals surface area contributed by atoms with E-state index in [0.29, 0.717) is 10.7 Å². The third-order valence-electron chi connectivity index (χ3n) is 4.93. The average molecular weight is 400 g/mol. The highest BCUT2D eigenvalue weighted by molar-refractivity contribution is 7.15. The van der Waals surface area contributed by atoms with Crippen molar-refractivity contribution in [3.63, 3.8) is 0 Å². The van der Waals surface area contributed by atoms with Gasteiger partial charge in [0.2, 0.25) is 0 Å². The molecule has 1 aliphatic rings. The Morgan fingerprint density at radius 1 is 1.15 bits per heavy atom. The van der Waals surface area contributed by atoms with Crippen molar-refractivity contribution < 1.29 is 4.79 Å². The Balaban J connectivity index is 1.59. The van der Waals surface area contributed by atoms with Crippen LogP contribution >= 0.6 is 22.9 Å². The number of thiophene rings is 1. The molecule has 4 rings (SSSR count). The van der Waals surface area contributed by atoms with Crippen molar-refractivity contribution in [1.29, 1.82) is 0 Å². The summed E-state index contributed by atoms with van der Waals surface area (Å²) in [6.07, 6.45) is 8.80. The summed E-state index contributed by atoms with van der Waals surface area (Å²) >= 11 is 8.00. The third kappa shape index (κ3) is 3.75. The lowest BCUT2D eigenvalue weighted by molar-refractivity contribution is 0.249. The van der Waals surface area contributed by atoms with E-state index in [1.165, 1.54) is 33.8 Å². The molecule has 0 aliphatic heterocycles. The Morgan fingerprint density at radius 2 is 1.89 bits per heavy atom. The Bertz CT molecular complexity index is 948. The predicted octanol–water partition coefficient (Wildman–Crippen LogP) is 5.95. The molecule has 1 atom stereocenters.